The highest BCUT2D eigenvalue weighted by atomic mass is 15.1. The van der Waals surface area contributed by atoms with Crippen LogP contribution in [0.5, 0.6) is 0 Å². The van der Waals surface area contributed by atoms with Crippen LogP contribution in [0.25, 0.3) is 0 Å². The zero-order valence-corrected chi connectivity index (χ0v) is 5.56. The fourth-order valence-corrected chi connectivity index (χ4v) is 0.853. The molecule has 0 atom stereocenters. The second-order valence-electron chi connectivity index (χ2n) is 2.08. The van der Waals surface area contributed by atoms with E-state index in [2.05, 4.69) is 16.9 Å². The topological polar surface area (TPSA) is 24.4 Å². The highest BCUT2D eigenvalue weighted by Crippen LogP contribution is 1.94. The third kappa shape index (κ3) is 1.88. The minimum atomic E-state index is 0.951. The number of nitrogens with one attached hydrogen (secondary N) is 1. The summed E-state index contributed by atoms with van der Waals surface area (Å²) in [6.45, 7) is 5.61. The quantitative estimate of drug-likeness (QED) is 0.557. The second kappa shape index (κ2) is 3.28. The van der Waals surface area contributed by atoms with Gasteiger partial charge in [-0.1, -0.05) is 6.08 Å². The van der Waals surface area contributed by atoms with Crippen LogP contribution in [0.3, 0.4) is 0 Å². The molecule has 0 saturated heterocycles. The lowest BCUT2D eigenvalue weighted by Gasteiger charge is -1.96. The van der Waals surface area contributed by atoms with Gasteiger partial charge in [0, 0.05) is 13.0 Å². The van der Waals surface area contributed by atoms with Crippen molar-refractivity contribution < 1.29 is 0 Å². The maximum atomic E-state index is 4.23. The van der Waals surface area contributed by atoms with E-state index in [-0.39, 0.29) is 0 Å². The van der Waals surface area contributed by atoms with Crippen LogP contribution < -0.4 is 5.32 Å². The van der Waals surface area contributed by atoms with E-state index in [1.807, 2.05) is 6.08 Å². The van der Waals surface area contributed by atoms with Crippen LogP contribution >= 0.6 is 0 Å². The van der Waals surface area contributed by atoms with Crippen molar-refractivity contribution in [3.8, 4) is 0 Å². The van der Waals surface area contributed by atoms with E-state index in [1.165, 1.54) is 0 Å². The molecular formula is C7H12N2. The van der Waals surface area contributed by atoms with Gasteiger partial charge in [-0.3, -0.25) is 4.99 Å². The smallest absolute Gasteiger partial charge is 0.0967 e. The van der Waals surface area contributed by atoms with Crippen molar-refractivity contribution >= 4 is 5.84 Å². The molecule has 0 saturated carbocycles. The van der Waals surface area contributed by atoms with Gasteiger partial charge in [-0.25, -0.2) is 0 Å². The molecule has 1 rings (SSSR count). The Morgan fingerprint density at radius 1 is 1.78 bits per heavy atom. The molecule has 1 heterocycles. The molecule has 1 N–H and O–H groups in total. The van der Waals surface area contributed by atoms with Gasteiger partial charge in [-0.05, 0) is 6.42 Å². The predicted octanol–water partition coefficient (Wildman–Crippen LogP) is 0.954. The number of hydrogen-bond acceptors (Lipinski definition) is 2. The monoisotopic (exact) mass is 124 g/mol. The number of nitrogens with zero attached hydrogens (tertiary/aromatic N) is 1. The molecule has 1 aliphatic rings. The number of amidine groups is 1. The highest BCUT2D eigenvalue weighted by Gasteiger charge is 2.01. The van der Waals surface area contributed by atoms with Crippen LogP contribution in [0.4, 0.5) is 0 Å². The first-order valence-corrected chi connectivity index (χ1v) is 3.31. The summed E-state index contributed by atoms with van der Waals surface area (Å²) in [5.41, 5.74) is 0. The maximum absolute atomic E-state index is 4.23. The first-order valence-electron chi connectivity index (χ1n) is 3.31. The molecule has 0 radical (unpaired) electrons. The van der Waals surface area contributed by atoms with E-state index in [0.29, 0.717) is 0 Å². The zero-order chi connectivity index (χ0) is 6.53. The van der Waals surface area contributed by atoms with Gasteiger partial charge >= 0.3 is 0 Å². The number of aliphatic imine (C=N–C) groups is 1. The van der Waals surface area contributed by atoms with Gasteiger partial charge in [-0.15, -0.1) is 6.58 Å². The molecule has 2 nitrogen and oxygen atoms in total. The molecular weight excluding hydrogens is 112 g/mol. The Kier molecular flexibility index (Phi) is 2.31. The van der Waals surface area contributed by atoms with Gasteiger partial charge < -0.3 is 5.32 Å². The molecule has 2 heteroatoms. The van der Waals surface area contributed by atoms with Crippen LogP contribution in [-0.4, -0.2) is 18.9 Å². The predicted molar refractivity (Wildman–Crippen MR) is 39.7 cm³/mol. The van der Waals surface area contributed by atoms with Crippen LogP contribution in [0.15, 0.2) is 17.6 Å². The summed E-state index contributed by atoms with van der Waals surface area (Å²) in [5.74, 6) is 1.15. The number of hydrogen-bond donors (Lipinski definition) is 1. The molecule has 0 aliphatic carbocycles. The summed E-state index contributed by atoms with van der Waals surface area (Å²) in [7, 11) is 0. The first-order chi connectivity index (χ1) is 4.43. The van der Waals surface area contributed by atoms with Gasteiger partial charge in [0.25, 0.3) is 0 Å². The largest absolute Gasteiger partial charge is 0.372 e. The molecule has 0 unspecified atom stereocenters. The average molecular weight is 124 g/mol. The molecule has 1 aliphatic heterocycles. The summed E-state index contributed by atoms with van der Waals surface area (Å²) >= 11 is 0. The van der Waals surface area contributed by atoms with Gasteiger partial charge in [0.05, 0.1) is 12.4 Å². The van der Waals surface area contributed by atoms with Crippen molar-refractivity contribution in [1.29, 1.82) is 0 Å². The standard InChI is InChI=1S/C7H12N2/c1-2-3-4-7-8-5-6-9-7/h2H,1,3-6H2,(H,8,9). The summed E-state index contributed by atoms with van der Waals surface area (Å²) < 4.78 is 0. The zero-order valence-electron chi connectivity index (χ0n) is 5.56. The summed E-state index contributed by atoms with van der Waals surface area (Å²) in [6.07, 6.45) is 3.98. The van der Waals surface area contributed by atoms with Crippen molar-refractivity contribution in [3.05, 3.63) is 12.7 Å². The molecule has 0 fully saturated rings. The van der Waals surface area contributed by atoms with Crippen molar-refractivity contribution in [3.63, 3.8) is 0 Å². The maximum Gasteiger partial charge on any atom is 0.0967 e. The molecule has 0 amide bonds. The third-order valence-corrected chi connectivity index (χ3v) is 1.33. The molecule has 0 spiro atoms. The van der Waals surface area contributed by atoms with E-state index < -0.39 is 0 Å². The molecule has 0 bridgehead atoms. The van der Waals surface area contributed by atoms with Crippen LogP contribution in [0, 0.1) is 0 Å². The van der Waals surface area contributed by atoms with Gasteiger partial charge in [0.2, 0.25) is 0 Å². The van der Waals surface area contributed by atoms with E-state index in [0.717, 1.165) is 31.8 Å². The Balaban J connectivity index is 2.18. The summed E-state index contributed by atoms with van der Waals surface area (Å²) in [5, 5.41) is 3.19. The molecule has 0 aromatic rings. The summed E-state index contributed by atoms with van der Waals surface area (Å²) in [6, 6.07) is 0. The molecule has 0 aromatic carbocycles. The highest BCUT2D eigenvalue weighted by molar-refractivity contribution is 5.83. The minimum absolute atomic E-state index is 0.951. The Morgan fingerprint density at radius 3 is 3.22 bits per heavy atom. The van der Waals surface area contributed by atoms with Crippen LogP contribution in [-0.2, 0) is 0 Å². The van der Waals surface area contributed by atoms with Crippen molar-refractivity contribution in [2.45, 2.75) is 12.8 Å². The van der Waals surface area contributed by atoms with Gasteiger partial charge in [0.15, 0.2) is 0 Å². The number of allylic oxidation sites excluding steroid dienone is 1. The van der Waals surface area contributed by atoms with Crippen molar-refractivity contribution in [2.75, 3.05) is 13.1 Å². The fraction of sp³-hybridized carbons (Fsp3) is 0.571. The lowest BCUT2D eigenvalue weighted by Crippen LogP contribution is -2.17. The fourth-order valence-electron chi connectivity index (χ4n) is 0.853. The molecule has 0 aromatic heterocycles. The lowest BCUT2D eigenvalue weighted by atomic mass is 10.3. The van der Waals surface area contributed by atoms with E-state index >= 15 is 0 Å². The van der Waals surface area contributed by atoms with E-state index in [4.69, 9.17) is 0 Å². The Morgan fingerprint density at radius 2 is 2.67 bits per heavy atom. The van der Waals surface area contributed by atoms with Gasteiger partial charge in [-0.2, -0.15) is 0 Å². The van der Waals surface area contributed by atoms with Crippen molar-refractivity contribution in [2.24, 2.45) is 4.99 Å². The lowest BCUT2D eigenvalue weighted by molar-refractivity contribution is 0.941. The van der Waals surface area contributed by atoms with E-state index in [9.17, 15) is 0 Å². The normalized spacial score (nSPS) is 16.7. The SMILES string of the molecule is C=CCCC1=NCCN1. The Hall–Kier alpha value is -0.790. The average Bonchev–Trinajstić information content (AvgIpc) is 2.34. The molecule has 50 valence electrons. The third-order valence-electron chi connectivity index (χ3n) is 1.33. The summed E-state index contributed by atoms with van der Waals surface area (Å²) in [4.78, 5) is 4.23. The Labute approximate surface area is 55.7 Å². The number of rotatable bonds is 3. The van der Waals surface area contributed by atoms with Crippen LogP contribution in [0.1, 0.15) is 12.8 Å². The van der Waals surface area contributed by atoms with E-state index in [1.54, 1.807) is 0 Å². The Bertz CT molecular complexity index is 127. The van der Waals surface area contributed by atoms with Crippen LogP contribution in [0.2, 0.25) is 0 Å². The first kappa shape index (κ1) is 6.33. The van der Waals surface area contributed by atoms with Crippen molar-refractivity contribution in [1.82, 2.24) is 5.32 Å². The minimum Gasteiger partial charge on any atom is -0.372 e. The van der Waals surface area contributed by atoms with Gasteiger partial charge in [0.1, 0.15) is 0 Å². The molecule has 9 heavy (non-hydrogen) atoms. The second-order valence-corrected chi connectivity index (χ2v) is 2.08.